The van der Waals surface area contributed by atoms with Crippen molar-refractivity contribution < 1.29 is 18.3 Å². The van der Waals surface area contributed by atoms with E-state index in [0.717, 1.165) is 22.0 Å². The van der Waals surface area contributed by atoms with Crippen LogP contribution < -0.4 is 10.1 Å². The molecule has 0 radical (unpaired) electrons. The molecule has 4 aromatic rings. The van der Waals surface area contributed by atoms with Crippen LogP contribution in [0.15, 0.2) is 48.8 Å². The number of anilines is 1. The van der Waals surface area contributed by atoms with Gasteiger partial charge in [0.1, 0.15) is 5.52 Å². The standard InChI is InChI=1S/C24H24F2N6O2/c1-33-22-21-18(15-4-5-19-16(11-15)3-2-8-27-19)6-10-32(21)30-23(29-22)28-20-7-9-31(14-24(20,25)26)17-12-34-13-17/h2-6,8,10-11,17,20H,7,9,12-14H2,1H3,(H,28,30)/t20-/m1/s1. The average Bonchev–Trinajstić information content (AvgIpc) is 3.22. The van der Waals surface area contributed by atoms with Crippen LogP contribution in [0.2, 0.25) is 0 Å². The van der Waals surface area contributed by atoms with Crippen LogP contribution in [0, 0.1) is 0 Å². The minimum Gasteiger partial charge on any atom is -0.479 e. The summed E-state index contributed by atoms with van der Waals surface area (Å²) in [7, 11) is 1.51. The van der Waals surface area contributed by atoms with Gasteiger partial charge in [-0.25, -0.2) is 13.3 Å². The summed E-state index contributed by atoms with van der Waals surface area (Å²) >= 11 is 0. The molecule has 6 rings (SSSR count). The fourth-order valence-corrected chi connectivity index (χ4v) is 4.72. The molecule has 5 heterocycles. The summed E-state index contributed by atoms with van der Waals surface area (Å²) < 4.78 is 42.2. The number of ether oxygens (including phenoxy) is 2. The molecule has 2 saturated heterocycles. The van der Waals surface area contributed by atoms with Gasteiger partial charge in [-0.2, -0.15) is 4.98 Å². The Morgan fingerprint density at radius 1 is 1.21 bits per heavy atom. The number of halogens is 2. The number of methoxy groups -OCH3 is 1. The molecule has 34 heavy (non-hydrogen) atoms. The molecule has 1 atom stereocenters. The van der Waals surface area contributed by atoms with Crippen LogP contribution in [0.25, 0.3) is 27.5 Å². The highest BCUT2D eigenvalue weighted by Gasteiger charge is 2.47. The first-order valence-corrected chi connectivity index (χ1v) is 11.3. The number of rotatable bonds is 5. The van der Waals surface area contributed by atoms with Crippen LogP contribution in [0.5, 0.6) is 5.88 Å². The number of nitrogens with one attached hydrogen (secondary N) is 1. The monoisotopic (exact) mass is 466 g/mol. The lowest BCUT2D eigenvalue weighted by atomic mass is 9.98. The van der Waals surface area contributed by atoms with E-state index in [0.29, 0.717) is 31.2 Å². The SMILES string of the molecule is COc1nc(N[C@@H]2CCN(C3COC3)CC2(F)F)nn2ccc(-c3ccc4ncccc4c3)c12. The van der Waals surface area contributed by atoms with Crippen molar-refractivity contribution in [3.8, 4) is 17.0 Å². The molecule has 0 amide bonds. The van der Waals surface area contributed by atoms with E-state index in [1.165, 1.54) is 7.11 Å². The summed E-state index contributed by atoms with van der Waals surface area (Å²) in [6, 6.07) is 10.8. The van der Waals surface area contributed by atoms with Gasteiger partial charge in [-0.1, -0.05) is 12.1 Å². The molecule has 176 valence electrons. The lowest BCUT2D eigenvalue weighted by Gasteiger charge is -2.44. The number of pyridine rings is 1. The first-order chi connectivity index (χ1) is 16.5. The molecular formula is C24H24F2N6O2. The number of nitrogens with zero attached hydrogens (tertiary/aromatic N) is 5. The number of fused-ring (bicyclic) bond motifs is 2. The molecule has 2 aliphatic heterocycles. The summed E-state index contributed by atoms with van der Waals surface area (Å²) in [5.41, 5.74) is 3.42. The smallest absolute Gasteiger partial charge is 0.280 e. The Bertz CT molecular complexity index is 1360. The second-order valence-corrected chi connectivity index (χ2v) is 8.79. The van der Waals surface area contributed by atoms with Crippen molar-refractivity contribution in [3.05, 3.63) is 48.8 Å². The lowest BCUT2D eigenvalue weighted by molar-refractivity contribution is -0.131. The topological polar surface area (TPSA) is 76.8 Å². The first-order valence-electron chi connectivity index (χ1n) is 11.3. The number of benzene rings is 1. The van der Waals surface area contributed by atoms with Crippen molar-refractivity contribution in [2.24, 2.45) is 0 Å². The molecule has 10 heteroatoms. The number of likely N-dealkylation sites (tertiary alicyclic amines) is 1. The molecule has 0 bridgehead atoms. The van der Waals surface area contributed by atoms with Gasteiger partial charge in [-0.15, -0.1) is 5.10 Å². The Morgan fingerprint density at radius 2 is 2.09 bits per heavy atom. The maximum Gasteiger partial charge on any atom is 0.280 e. The molecule has 0 spiro atoms. The van der Waals surface area contributed by atoms with E-state index >= 15 is 0 Å². The second kappa shape index (κ2) is 8.14. The van der Waals surface area contributed by atoms with E-state index in [4.69, 9.17) is 9.47 Å². The van der Waals surface area contributed by atoms with Crippen LogP contribution in [0.4, 0.5) is 14.7 Å². The Hall–Kier alpha value is -3.37. The molecule has 2 aliphatic rings. The zero-order chi connectivity index (χ0) is 23.3. The maximum atomic E-state index is 14.9. The van der Waals surface area contributed by atoms with Gasteiger partial charge in [0.25, 0.3) is 5.92 Å². The van der Waals surface area contributed by atoms with Gasteiger partial charge in [-0.05, 0) is 36.2 Å². The van der Waals surface area contributed by atoms with Crippen LogP contribution in [0.1, 0.15) is 6.42 Å². The van der Waals surface area contributed by atoms with E-state index in [9.17, 15) is 8.78 Å². The van der Waals surface area contributed by atoms with Crippen molar-refractivity contribution >= 4 is 22.4 Å². The van der Waals surface area contributed by atoms with Crippen LogP contribution in [0.3, 0.4) is 0 Å². The predicted molar refractivity (Wildman–Crippen MR) is 123 cm³/mol. The van der Waals surface area contributed by atoms with E-state index in [-0.39, 0.29) is 25.0 Å². The molecule has 1 N–H and O–H groups in total. The Kier molecular flexibility index (Phi) is 5.07. The van der Waals surface area contributed by atoms with Gasteiger partial charge in [0.05, 0.1) is 44.5 Å². The van der Waals surface area contributed by atoms with Gasteiger partial charge in [-0.3, -0.25) is 9.88 Å². The van der Waals surface area contributed by atoms with Crippen molar-refractivity contribution in [2.75, 3.05) is 38.7 Å². The van der Waals surface area contributed by atoms with Gasteiger partial charge < -0.3 is 14.8 Å². The molecule has 2 fully saturated rings. The average molecular weight is 466 g/mol. The van der Waals surface area contributed by atoms with Crippen LogP contribution in [-0.4, -0.2) is 75.9 Å². The fourth-order valence-electron chi connectivity index (χ4n) is 4.72. The molecule has 8 nitrogen and oxygen atoms in total. The normalized spacial score (nSPS) is 21.0. The predicted octanol–water partition coefficient (Wildman–Crippen LogP) is 3.47. The minimum absolute atomic E-state index is 0.0868. The van der Waals surface area contributed by atoms with Crippen molar-refractivity contribution in [3.63, 3.8) is 0 Å². The highest BCUT2D eigenvalue weighted by atomic mass is 19.3. The molecule has 1 aromatic carbocycles. The summed E-state index contributed by atoms with van der Waals surface area (Å²) in [6.07, 6.45) is 3.83. The van der Waals surface area contributed by atoms with E-state index in [2.05, 4.69) is 20.4 Å². The summed E-state index contributed by atoms with van der Waals surface area (Å²) in [6.45, 7) is 1.32. The van der Waals surface area contributed by atoms with E-state index in [1.807, 2.05) is 41.3 Å². The number of piperidine rings is 1. The largest absolute Gasteiger partial charge is 0.479 e. The van der Waals surface area contributed by atoms with Crippen molar-refractivity contribution in [1.82, 2.24) is 24.5 Å². The van der Waals surface area contributed by atoms with Crippen molar-refractivity contribution in [1.29, 1.82) is 0 Å². The molecule has 0 aliphatic carbocycles. The Morgan fingerprint density at radius 3 is 2.85 bits per heavy atom. The van der Waals surface area contributed by atoms with Gasteiger partial charge in [0.2, 0.25) is 11.8 Å². The first kappa shape index (κ1) is 21.2. The van der Waals surface area contributed by atoms with Crippen molar-refractivity contribution in [2.45, 2.75) is 24.4 Å². The zero-order valence-electron chi connectivity index (χ0n) is 18.6. The molecule has 3 aromatic heterocycles. The minimum atomic E-state index is -2.92. The number of aromatic nitrogens is 4. The van der Waals surface area contributed by atoms with Gasteiger partial charge in [0.15, 0.2) is 0 Å². The van der Waals surface area contributed by atoms with Gasteiger partial charge in [0, 0.05) is 29.9 Å². The second-order valence-electron chi connectivity index (χ2n) is 8.79. The molecule has 0 unspecified atom stereocenters. The third-order valence-corrected chi connectivity index (χ3v) is 6.66. The highest BCUT2D eigenvalue weighted by Crippen LogP contribution is 2.35. The third-order valence-electron chi connectivity index (χ3n) is 6.66. The van der Waals surface area contributed by atoms with Gasteiger partial charge >= 0.3 is 0 Å². The zero-order valence-corrected chi connectivity index (χ0v) is 18.6. The summed E-state index contributed by atoms with van der Waals surface area (Å²) in [4.78, 5) is 10.6. The number of hydrogen-bond acceptors (Lipinski definition) is 7. The quantitative estimate of drug-likeness (QED) is 0.483. The Labute approximate surface area is 194 Å². The van der Waals surface area contributed by atoms with Crippen LogP contribution in [-0.2, 0) is 4.74 Å². The maximum absolute atomic E-state index is 14.9. The highest BCUT2D eigenvalue weighted by molar-refractivity contribution is 5.90. The lowest BCUT2D eigenvalue weighted by Crippen LogP contribution is -2.61. The van der Waals surface area contributed by atoms with E-state index in [1.54, 1.807) is 16.9 Å². The summed E-state index contributed by atoms with van der Waals surface area (Å²) in [5, 5.41) is 8.35. The molecular weight excluding hydrogens is 442 g/mol. The summed E-state index contributed by atoms with van der Waals surface area (Å²) in [5.74, 6) is -2.49. The van der Waals surface area contributed by atoms with Crippen LogP contribution >= 0.6 is 0 Å². The molecule has 0 saturated carbocycles. The number of hydrogen-bond donors (Lipinski definition) is 1. The number of alkyl halides is 2. The van der Waals surface area contributed by atoms with E-state index < -0.39 is 12.0 Å². The fraction of sp³-hybridized carbons (Fsp3) is 0.375. The Balaban J connectivity index is 1.30. The third kappa shape index (κ3) is 3.63.